The van der Waals surface area contributed by atoms with Crippen molar-refractivity contribution in [1.82, 2.24) is 5.43 Å². The first-order chi connectivity index (χ1) is 7.96. The van der Waals surface area contributed by atoms with Gasteiger partial charge in [-0.1, -0.05) is 47.0 Å². The molecule has 2 heteroatoms. The van der Waals surface area contributed by atoms with E-state index in [9.17, 15) is 0 Å². The summed E-state index contributed by atoms with van der Waals surface area (Å²) in [5, 5.41) is 0. The van der Waals surface area contributed by atoms with E-state index in [0.717, 1.165) is 11.8 Å². The Hall–Kier alpha value is -0.0800. The Labute approximate surface area is 108 Å². The summed E-state index contributed by atoms with van der Waals surface area (Å²) in [4.78, 5) is 0. The van der Waals surface area contributed by atoms with Gasteiger partial charge in [0.1, 0.15) is 0 Å². The maximum Gasteiger partial charge on any atom is 0.0239 e. The third-order valence-corrected chi connectivity index (χ3v) is 4.39. The lowest BCUT2D eigenvalue weighted by Crippen LogP contribution is -2.43. The minimum absolute atomic E-state index is 0.425. The molecule has 0 amide bonds. The second kappa shape index (κ2) is 6.75. The predicted octanol–water partition coefficient (Wildman–Crippen LogP) is 3.86. The maximum absolute atomic E-state index is 5.77. The fourth-order valence-electron chi connectivity index (χ4n) is 3.11. The van der Waals surface area contributed by atoms with Gasteiger partial charge in [0, 0.05) is 6.04 Å². The zero-order valence-corrected chi connectivity index (χ0v) is 12.3. The van der Waals surface area contributed by atoms with Crippen LogP contribution in [0, 0.1) is 17.3 Å². The van der Waals surface area contributed by atoms with E-state index in [4.69, 9.17) is 5.84 Å². The van der Waals surface area contributed by atoms with Crippen LogP contribution in [0.2, 0.25) is 0 Å². The number of rotatable bonds is 5. The molecular weight excluding hydrogens is 208 g/mol. The number of nitrogens with two attached hydrogens (primary N) is 1. The minimum atomic E-state index is 0.425. The van der Waals surface area contributed by atoms with Crippen LogP contribution in [0.1, 0.15) is 72.6 Å². The molecule has 1 aliphatic carbocycles. The second-order valence-electron chi connectivity index (χ2n) is 7.07. The Kier molecular flexibility index (Phi) is 5.94. The zero-order valence-electron chi connectivity index (χ0n) is 12.3. The van der Waals surface area contributed by atoms with Gasteiger partial charge in [0.15, 0.2) is 0 Å². The molecule has 0 bridgehead atoms. The molecule has 3 atom stereocenters. The van der Waals surface area contributed by atoms with Crippen molar-refractivity contribution in [3.8, 4) is 0 Å². The van der Waals surface area contributed by atoms with Crippen LogP contribution in [-0.4, -0.2) is 6.04 Å². The fraction of sp³-hybridized carbons (Fsp3) is 1.00. The standard InChI is InChI=1S/C15H32N2/c1-5-12-7-6-8-13(11-12)14(17-16)9-10-15(2,3)4/h12-14,17H,5-11,16H2,1-4H3. The van der Waals surface area contributed by atoms with E-state index in [1.54, 1.807) is 0 Å². The number of nitrogens with one attached hydrogen (secondary N) is 1. The van der Waals surface area contributed by atoms with Crippen LogP contribution in [0.4, 0.5) is 0 Å². The van der Waals surface area contributed by atoms with Gasteiger partial charge in [-0.05, 0) is 42.9 Å². The van der Waals surface area contributed by atoms with Crippen LogP contribution < -0.4 is 11.3 Å². The van der Waals surface area contributed by atoms with E-state index in [0.29, 0.717) is 11.5 Å². The van der Waals surface area contributed by atoms with Crippen molar-refractivity contribution in [1.29, 1.82) is 0 Å². The van der Waals surface area contributed by atoms with Gasteiger partial charge in [0.25, 0.3) is 0 Å². The highest BCUT2D eigenvalue weighted by molar-refractivity contribution is 4.82. The summed E-state index contributed by atoms with van der Waals surface area (Å²) in [6.07, 6.45) is 9.41. The lowest BCUT2D eigenvalue weighted by atomic mass is 9.75. The number of hydrogen-bond acceptors (Lipinski definition) is 2. The summed E-state index contributed by atoms with van der Waals surface area (Å²) in [7, 11) is 0. The fourth-order valence-corrected chi connectivity index (χ4v) is 3.11. The first kappa shape index (κ1) is 15.0. The van der Waals surface area contributed by atoms with Crippen molar-refractivity contribution < 1.29 is 0 Å². The number of hydrazine groups is 1. The van der Waals surface area contributed by atoms with Gasteiger partial charge in [-0.2, -0.15) is 0 Å². The average molecular weight is 240 g/mol. The summed E-state index contributed by atoms with van der Waals surface area (Å²) in [6.45, 7) is 9.27. The van der Waals surface area contributed by atoms with Gasteiger partial charge in [-0.3, -0.25) is 11.3 Å². The van der Waals surface area contributed by atoms with E-state index < -0.39 is 0 Å². The Balaban J connectivity index is 2.43. The summed E-state index contributed by atoms with van der Waals surface area (Å²) < 4.78 is 0. The highest BCUT2D eigenvalue weighted by Crippen LogP contribution is 2.35. The Bertz CT molecular complexity index is 207. The highest BCUT2D eigenvalue weighted by atomic mass is 15.2. The SMILES string of the molecule is CCC1CCCC(C(CCC(C)(C)C)NN)C1. The summed E-state index contributed by atoms with van der Waals surface area (Å²) >= 11 is 0. The summed E-state index contributed by atoms with van der Waals surface area (Å²) in [5.41, 5.74) is 3.51. The predicted molar refractivity (Wildman–Crippen MR) is 75.5 cm³/mol. The minimum Gasteiger partial charge on any atom is -0.271 e. The first-order valence-corrected chi connectivity index (χ1v) is 7.42. The molecule has 0 aromatic carbocycles. The normalized spacial score (nSPS) is 28.1. The Morgan fingerprint density at radius 3 is 2.53 bits per heavy atom. The van der Waals surface area contributed by atoms with E-state index in [1.165, 1.54) is 44.9 Å². The average Bonchev–Trinajstić information content (AvgIpc) is 2.29. The lowest BCUT2D eigenvalue weighted by molar-refractivity contribution is 0.189. The largest absolute Gasteiger partial charge is 0.271 e. The second-order valence-corrected chi connectivity index (χ2v) is 7.07. The topological polar surface area (TPSA) is 38.0 Å². The van der Waals surface area contributed by atoms with Crippen LogP contribution in [0.3, 0.4) is 0 Å². The highest BCUT2D eigenvalue weighted by Gasteiger charge is 2.27. The monoisotopic (exact) mass is 240 g/mol. The van der Waals surface area contributed by atoms with Crippen LogP contribution in [0.5, 0.6) is 0 Å². The zero-order chi connectivity index (χ0) is 12.9. The first-order valence-electron chi connectivity index (χ1n) is 7.42. The Morgan fingerprint density at radius 2 is 2.00 bits per heavy atom. The van der Waals surface area contributed by atoms with Crippen molar-refractivity contribution in [2.45, 2.75) is 78.7 Å². The third-order valence-electron chi connectivity index (χ3n) is 4.39. The smallest absolute Gasteiger partial charge is 0.0239 e. The third kappa shape index (κ3) is 5.39. The Morgan fingerprint density at radius 1 is 1.29 bits per heavy atom. The van der Waals surface area contributed by atoms with E-state index in [1.807, 2.05) is 0 Å². The summed E-state index contributed by atoms with van der Waals surface area (Å²) in [5.74, 6) is 7.52. The number of hydrogen-bond donors (Lipinski definition) is 2. The van der Waals surface area contributed by atoms with Crippen molar-refractivity contribution in [3.63, 3.8) is 0 Å². The molecule has 0 spiro atoms. The molecule has 0 aromatic rings. The van der Waals surface area contributed by atoms with Gasteiger partial charge >= 0.3 is 0 Å². The molecule has 1 saturated carbocycles. The van der Waals surface area contributed by atoms with Crippen molar-refractivity contribution >= 4 is 0 Å². The van der Waals surface area contributed by atoms with Gasteiger partial charge in [-0.15, -0.1) is 0 Å². The lowest BCUT2D eigenvalue weighted by Gasteiger charge is -2.35. The van der Waals surface area contributed by atoms with Gasteiger partial charge in [0.2, 0.25) is 0 Å². The van der Waals surface area contributed by atoms with Gasteiger partial charge in [0.05, 0.1) is 0 Å². The van der Waals surface area contributed by atoms with E-state index in [2.05, 4.69) is 33.1 Å². The molecule has 3 N–H and O–H groups in total. The van der Waals surface area contributed by atoms with Gasteiger partial charge < -0.3 is 0 Å². The molecule has 3 unspecified atom stereocenters. The van der Waals surface area contributed by atoms with Crippen molar-refractivity contribution in [3.05, 3.63) is 0 Å². The molecule has 0 aromatic heterocycles. The molecule has 1 fully saturated rings. The molecule has 0 radical (unpaired) electrons. The molecule has 17 heavy (non-hydrogen) atoms. The van der Waals surface area contributed by atoms with E-state index in [-0.39, 0.29) is 0 Å². The summed E-state index contributed by atoms with van der Waals surface area (Å²) in [6, 6.07) is 0.531. The van der Waals surface area contributed by atoms with Gasteiger partial charge in [-0.25, -0.2) is 0 Å². The molecule has 0 aliphatic heterocycles. The molecule has 102 valence electrons. The quantitative estimate of drug-likeness (QED) is 0.565. The van der Waals surface area contributed by atoms with Crippen molar-refractivity contribution in [2.75, 3.05) is 0 Å². The molecule has 1 rings (SSSR count). The van der Waals surface area contributed by atoms with Crippen LogP contribution >= 0.6 is 0 Å². The molecule has 0 heterocycles. The van der Waals surface area contributed by atoms with Crippen LogP contribution in [0.25, 0.3) is 0 Å². The van der Waals surface area contributed by atoms with Crippen LogP contribution in [-0.2, 0) is 0 Å². The molecule has 2 nitrogen and oxygen atoms in total. The van der Waals surface area contributed by atoms with Crippen LogP contribution in [0.15, 0.2) is 0 Å². The van der Waals surface area contributed by atoms with Crippen molar-refractivity contribution in [2.24, 2.45) is 23.1 Å². The maximum atomic E-state index is 5.77. The van der Waals surface area contributed by atoms with E-state index >= 15 is 0 Å². The molecule has 1 aliphatic rings. The molecular formula is C15H32N2. The molecule has 0 saturated heterocycles.